The van der Waals surface area contributed by atoms with E-state index in [0.717, 1.165) is 11.1 Å². The Labute approximate surface area is 126 Å². The molecule has 0 radical (unpaired) electrons. The summed E-state index contributed by atoms with van der Waals surface area (Å²) < 4.78 is 24.9. The molecule has 0 aliphatic carbocycles. The van der Waals surface area contributed by atoms with E-state index in [2.05, 4.69) is 0 Å². The summed E-state index contributed by atoms with van der Waals surface area (Å²) in [5.74, 6) is -0.341. The van der Waals surface area contributed by atoms with Crippen molar-refractivity contribution in [2.24, 2.45) is 0 Å². The Balaban J connectivity index is 2.30. The van der Waals surface area contributed by atoms with E-state index < -0.39 is 15.4 Å². The van der Waals surface area contributed by atoms with Crippen LogP contribution in [0.25, 0.3) is 0 Å². The summed E-state index contributed by atoms with van der Waals surface area (Å²) in [7, 11) is -3.54. The lowest BCUT2D eigenvalue weighted by molar-refractivity contribution is 0.0819. The van der Waals surface area contributed by atoms with E-state index >= 15 is 0 Å². The van der Waals surface area contributed by atoms with Crippen molar-refractivity contribution in [1.29, 1.82) is 0 Å². The van der Waals surface area contributed by atoms with Crippen molar-refractivity contribution in [3.63, 3.8) is 0 Å². The zero-order chi connectivity index (χ0) is 15.7. The molecule has 0 aliphatic heterocycles. The van der Waals surface area contributed by atoms with Crippen LogP contribution in [0.4, 0.5) is 0 Å². The summed E-state index contributed by atoms with van der Waals surface area (Å²) in [5, 5.41) is 10.5. The second-order valence-corrected chi connectivity index (χ2v) is 7.70. The molecule has 4 heteroatoms. The van der Waals surface area contributed by atoms with Crippen LogP contribution in [-0.4, -0.2) is 19.3 Å². The molecule has 0 bridgehead atoms. The van der Waals surface area contributed by atoms with Crippen molar-refractivity contribution in [2.45, 2.75) is 31.3 Å². The van der Waals surface area contributed by atoms with Crippen LogP contribution in [0.3, 0.4) is 0 Å². The van der Waals surface area contributed by atoms with E-state index in [0.29, 0.717) is 5.56 Å². The molecule has 1 atom stereocenters. The molecule has 0 saturated carbocycles. The molecule has 112 valence electrons. The summed E-state index contributed by atoms with van der Waals surface area (Å²) in [4.78, 5) is 0.237. The smallest absolute Gasteiger partial charge is 0.181 e. The maximum atomic E-state index is 12.4. The van der Waals surface area contributed by atoms with Gasteiger partial charge in [-0.2, -0.15) is 0 Å². The highest BCUT2D eigenvalue weighted by Gasteiger charge is 2.31. The average molecular weight is 304 g/mol. The summed E-state index contributed by atoms with van der Waals surface area (Å²) in [6.07, 6.45) is 0. The lowest BCUT2D eigenvalue weighted by Gasteiger charge is -2.24. The average Bonchev–Trinajstić information content (AvgIpc) is 2.38. The van der Waals surface area contributed by atoms with Gasteiger partial charge in [-0.3, -0.25) is 0 Å². The number of aliphatic hydroxyl groups is 1. The highest BCUT2D eigenvalue weighted by atomic mass is 32.2. The minimum Gasteiger partial charge on any atom is -0.384 e. The Morgan fingerprint density at radius 3 is 1.81 bits per heavy atom. The van der Waals surface area contributed by atoms with Crippen LogP contribution in [-0.2, 0) is 15.4 Å². The highest BCUT2D eigenvalue weighted by molar-refractivity contribution is 7.91. The molecule has 0 heterocycles. The second-order valence-electron chi connectivity index (χ2n) is 5.71. The highest BCUT2D eigenvalue weighted by Crippen LogP contribution is 2.26. The topological polar surface area (TPSA) is 54.4 Å². The summed E-state index contributed by atoms with van der Waals surface area (Å²) in [6.45, 7) is 5.38. The Morgan fingerprint density at radius 2 is 1.33 bits per heavy atom. The van der Waals surface area contributed by atoms with Gasteiger partial charge in [0, 0.05) is 0 Å². The lowest BCUT2D eigenvalue weighted by atomic mass is 9.97. The largest absolute Gasteiger partial charge is 0.384 e. The molecule has 0 saturated heterocycles. The molecule has 0 spiro atoms. The molecule has 2 aromatic rings. The molecule has 0 fully saturated rings. The molecule has 2 aromatic carbocycles. The Morgan fingerprint density at radius 1 is 0.905 bits per heavy atom. The van der Waals surface area contributed by atoms with E-state index in [1.165, 1.54) is 6.92 Å². The van der Waals surface area contributed by atoms with Gasteiger partial charge in [-0.15, -0.1) is 0 Å². The van der Waals surface area contributed by atoms with Crippen molar-refractivity contribution < 1.29 is 13.5 Å². The first kappa shape index (κ1) is 15.7. The number of hydrogen-bond acceptors (Lipinski definition) is 3. The van der Waals surface area contributed by atoms with E-state index in [9.17, 15) is 13.5 Å². The normalized spacial score (nSPS) is 14.7. The van der Waals surface area contributed by atoms with Crippen molar-refractivity contribution in [2.75, 3.05) is 5.75 Å². The monoisotopic (exact) mass is 304 g/mol. The number of rotatable bonds is 4. The predicted molar refractivity (Wildman–Crippen MR) is 84.0 cm³/mol. The fourth-order valence-corrected chi connectivity index (χ4v) is 3.82. The molecule has 0 amide bonds. The minimum absolute atomic E-state index is 0.237. The van der Waals surface area contributed by atoms with Gasteiger partial charge in [-0.25, -0.2) is 8.42 Å². The minimum atomic E-state index is -3.54. The first-order chi connectivity index (χ1) is 9.71. The fraction of sp³-hybridized carbons (Fsp3) is 0.294. The van der Waals surface area contributed by atoms with Gasteiger partial charge in [-0.05, 0) is 38.5 Å². The molecule has 21 heavy (non-hydrogen) atoms. The van der Waals surface area contributed by atoms with Crippen LogP contribution < -0.4 is 0 Å². The Hall–Kier alpha value is -1.65. The van der Waals surface area contributed by atoms with Crippen LogP contribution in [0.2, 0.25) is 0 Å². The van der Waals surface area contributed by atoms with Crippen molar-refractivity contribution in [3.05, 3.63) is 65.2 Å². The SMILES string of the molecule is Cc1ccc(C(C)(O)CS(=O)(=O)c2ccc(C)cc2)cc1. The maximum absolute atomic E-state index is 12.4. The number of hydrogen-bond donors (Lipinski definition) is 1. The standard InChI is InChI=1S/C17H20O3S/c1-13-4-8-15(9-5-13)17(3,18)12-21(19,20)16-10-6-14(2)7-11-16/h4-11,18H,12H2,1-3H3. The van der Waals surface area contributed by atoms with Crippen LogP contribution >= 0.6 is 0 Å². The fourth-order valence-electron chi connectivity index (χ4n) is 2.19. The van der Waals surface area contributed by atoms with E-state index in [1.807, 2.05) is 26.0 Å². The van der Waals surface area contributed by atoms with Gasteiger partial charge >= 0.3 is 0 Å². The lowest BCUT2D eigenvalue weighted by Crippen LogP contribution is -2.31. The Kier molecular flexibility index (Phi) is 4.21. The maximum Gasteiger partial charge on any atom is 0.181 e. The molecule has 1 unspecified atom stereocenters. The van der Waals surface area contributed by atoms with Gasteiger partial charge in [0.05, 0.1) is 10.6 Å². The van der Waals surface area contributed by atoms with E-state index in [-0.39, 0.29) is 10.6 Å². The summed E-state index contributed by atoms with van der Waals surface area (Å²) >= 11 is 0. The number of benzene rings is 2. The van der Waals surface area contributed by atoms with Gasteiger partial charge in [0.2, 0.25) is 0 Å². The summed E-state index contributed by atoms with van der Waals surface area (Å²) in [6, 6.07) is 13.9. The molecular formula is C17H20O3S. The first-order valence-electron chi connectivity index (χ1n) is 6.80. The quantitative estimate of drug-likeness (QED) is 0.944. The van der Waals surface area contributed by atoms with Crippen molar-refractivity contribution in [3.8, 4) is 0 Å². The van der Waals surface area contributed by atoms with Gasteiger partial charge in [0.25, 0.3) is 0 Å². The molecule has 0 aliphatic rings. The Bertz CT molecular complexity index is 712. The summed E-state index contributed by atoms with van der Waals surface area (Å²) in [5.41, 5.74) is 1.25. The first-order valence-corrected chi connectivity index (χ1v) is 8.45. The van der Waals surface area contributed by atoms with Gasteiger partial charge in [0.15, 0.2) is 9.84 Å². The van der Waals surface area contributed by atoms with Gasteiger partial charge < -0.3 is 5.11 Å². The van der Waals surface area contributed by atoms with Crippen LogP contribution in [0.15, 0.2) is 53.4 Å². The second kappa shape index (κ2) is 5.62. The number of sulfone groups is 1. The van der Waals surface area contributed by atoms with Crippen molar-refractivity contribution >= 4 is 9.84 Å². The molecule has 2 rings (SSSR count). The third kappa shape index (κ3) is 3.71. The predicted octanol–water partition coefficient (Wildman–Crippen LogP) is 2.98. The van der Waals surface area contributed by atoms with E-state index in [1.54, 1.807) is 36.4 Å². The molecular weight excluding hydrogens is 284 g/mol. The van der Waals surface area contributed by atoms with Crippen LogP contribution in [0.1, 0.15) is 23.6 Å². The molecule has 1 N–H and O–H groups in total. The van der Waals surface area contributed by atoms with Crippen LogP contribution in [0.5, 0.6) is 0 Å². The molecule has 0 aromatic heterocycles. The third-order valence-electron chi connectivity index (χ3n) is 3.52. The van der Waals surface area contributed by atoms with Crippen LogP contribution in [0, 0.1) is 13.8 Å². The van der Waals surface area contributed by atoms with Gasteiger partial charge in [-0.1, -0.05) is 47.5 Å². The zero-order valence-corrected chi connectivity index (χ0v) is 13.3. The van der Waals surface area contributed by atoms with E-state index in [4.69, 9.17) is 0 Å². The van der Waals surface area contributed by atoms with Gasteiger partial charge in [0.1, 0.15) is 5.60 Å². The molecule has 3 nitrogen and oxygen atoms in total. The third-order valence-corrected chi connectivity index (χ3v) is 5.46. The number of aryl methyl sites for hydroxylation is 2. The zero-order valence-electron chi connectivity index (χ0n) is 12.5. The van der Waals surface area contributed by atoms with Crippen molar-refractivity contribution in [1.82, 2.24) is 0 Å².